The molecule has 2 aromatic carbocycles. The summed E-state index contributed by atoms with van der Waals surface area (Å²) in [6, 6.07) is 10.2. The highest BCUT2D eigenvalue weighted by Gasteiger charge is 2.27. The lowest BCUT2D eigenvalue weighted by atomic mass is 10.2. The number of amides is 2. The summed E-state index contributed by atoms with van der Waals surface area (Å²) in [7, 11) is -7.67. The highest BCUT2D eigenvalue weighted by atomic mass is 32.2. The molecular formula is C18H20N4O7S2. The van der Waals surface area contributed by atoms with Gasteiger partial charge in [-0.25, -0.2) is 22.0 Å². The lowest BCUT2D eigenvalue weighted by molar-refractivity contribution is 0.0730. The molecule has 0 saturated carbocycles. The molecule has 31 heavy (non-hydrogen) atoms. The lowest BCUT2D eigenvalue weighted by Crippen LogP contribution is -2.42. The van der Waals surface area contributed by atoms with Crippen LogP contribution in [0.15, 0.2) is 58.3 Å². The van der Waals surface area contributed by atoms with Crippen molar-refractivity contribution in [2.75, 3.05) is 26.3 Å². The zero-order valence-electron chi connectivity index (χ0n) is 16.1. The molecule has 0 aliphatic carbocycles. The average molecular weight is 469 g/mol. The van der Waals surface area contributed by atoms with Crippen LogP contribution < -0.4 is 16.0 Å². The molecule has 11 nitrogen and oxygen atoms in total. The van der Waals surface area contributed by atoms with Gasteiger partial charge in [0.1, 0.15) is 0 Å². The molecule has 1 saturated heterocycles. The summed E-state index contributed by atoms with van der Waals surface area (Å²) in [5.41, 5.74) is 4.48. The lowest BCUT2D eigenvalue weighted by Gasteiger charge is -2.26. The number of nitrogens with zero attached hydrogens (tertiary/aromatic N) is 1. The van der Waals surface area contributed by atoms with Gasteiger partial charge >= 0.3 is 0 Å². The van der Waals surface area contributed by atoms with E-state index in [0.717, 1.165) is 12.1 Å². The second-order valence-electron chi connectivity index (χ2n) is 6.52. The summed E-state index contributed by atoms with van der Waals surface area (Å²) < 4.78 is 54.4. The molecule has 0 spiro atoms. The van der Waals surface area contributed by atoms with E-state index in [4.69, 9.17) is 9.88 Å². The Kier molecular flexibility index (Phi) is 6.71. The number of hydrogen-bond acceptors (Lipinski definition) is 7. The third kappa shape index (κ3) is 5.45. The van der Waals surface area contributed by atoms with Crippen molar-refractivity contribution in [3.63, 3.8) is 0 Å². The summed E-state index contributed by atoms with van der Waals surface area (Å²) in [5, 5.41) is 5.00. The van der Waals surface area contributed by atoms with Crippen LogP contribution in [0.5, 0.6) is 0 Å². The van der Waals surface area contributed by atoms with Gasteiger partial charge in [-0.2, -0.15) is 4.31 Å². The number of morpholine rings is 1. The summed E-state index contributed by atoms with van der Waals surface area (Å²) in [6.45, 7) is 1.03. The van der Waals surface area contributed by atoms with Crippen LogP contribution in [0.25, 0.3) is 0 Å². The minimum Gasteiger partial charge on any atom is -0.379 e. The Morgan fingerprint density at radius 1 is 0.839 bits per heavy atom. The number of hydrazine groups is 1. The Bertz CT molecular complexity index is 1190. The Morgan fingerprint density at radius 3 is 2.00 bits per heavy atom. The second kappa shape index (κ2) is 9.11. The average Bonchev–Trinajstić information content (AvgIpc) is 2.77. The van der Waals surface area contributed by atoms with Crippen LogP contribution in [-0.4, -0.2) is 59.3 Å². The first-order chi connectivity index (χ1) is 14.6. The van der Waals surface area contributed by atoms with Crippen molar-refractivity contribution in [3.05, 3.63) is 59.7 Å². The van der Waals surface area contributed by atoms with Crippen LogP contribution in [-0.2, 0) is 24.8 Å². The van der Waals surface area contributed by atoms with Gasteiger partial charge in [0.2, 0.25) is 20.0 Å². The number of carbonyl (C=O) groups excluding carboxylic acids is 2. The molecule has 166 valence electrons. The van der Waals surface area contributed by atoms with Gasteiger partial charge in [-0.15, -0.1) is 0 Å². The van der Waals surface area contributed by atoms with E-state index < -0.39 is 31.9 Å². The largest absolute Gasteiger partial charge is 0.379 e. The van der Waals surface area contributed by atoms with E-state index in [1.807, 2.05) is 0 Å². The molecular weight excluding hydrogens is 448 g/mol. The number of primary sulfonamides is 1. The maximum atomic E-state index is 12.7. The number of sulfonamides is 2. The molecule has 3 rings (SSSR count). The molecule has 4 N–H and O–H groups in total. The van der Waals surface area contributed by atoms with Crippen LogP contribution in [0.3, 0.4) is 0 Å². The van der Waals surface area contributed by atoms with Crippen LogP contribution in [0.4, 0.5) is 0 Å². The van der Waals surface area contributed by atoms with Crippen molar-refractivity contribution < 1.29 is 31.2 Å². The van der Waals surface area contributed by atoms with E-state index in [0.29, 0.717) is 13.2 Å². The predicted molar refractivity (Wildman–Crippen MR) is 109 cm³/mol. The molecule has 1 fully saturated rings. The van der Waals surface area contributed by atoms with E-state index in [1.165, 1.54) is 40.7 Å². The van der Waals surface area contributed by atoms with Crippen molar-refractivity contribution in [2.24, 2.45) is 5.14 Å². The van der Waals surface area contributed by atoms with E-state index in [9.17, 15) is 26.4 Å². The number of nitrogens with one attached hydrogen (secondary N) is 2. The van der Waals surface area contributed by atoms with Crippen molar-refractivity contribution in [2.45, 2.75) is 9.79 Å². The highest BCUT2D eigenvalue weighted by Crippen LogP contribution is 2.18. The molecule has 1 heterocycles. The Balaban J connectivity index is 1.67. The van der Waals surface area contributed by atoms with Crippen LogP contribution in [0.2, 0.25) is 0 Å². The Hall–Kier alpha value is -2.84. The first-order valence-corrected chi connectivity index (χ1v) is 12.0. The SMILES string of the molecule is NS(=O)(=O)c1ccc(C(=O)NNC(=O)c2cccc(S(=O)(=O)N3CCOCC3)c2)cc1. The van der Waals surface area contributed by atoms with Crippen LogP contribution in [0.1, 0.15) is 20.7 Å². The van der Waals surface area contributed by atoms with Gasteiger partial charge in [-0.1, -0.05) is 6.07 Å². The molecule has 13 heteroatoms. The minimum atomic E-state index is -3.89. The van der Waals surface area contributed by atoms with E-state index in [1.54, 1.807) is 0 Å². The molecule has 2 aromatic rings. The number of rotatable bonds is 5. The molecule has 0 bridgehead atoms. The summed E-state index contributed by atoms with van der Waals surface area (Å²) in [6.07, 6.45) is 0. The Labute approximate surface area is 179 Å². The fraction of sp³-hybridized carbons (Fsp3) is 0.222. The van der Waals surface area contributed by atoms with Gasteiger partial charge in [-0.3, -0.25) is 20.4 Å². The van der Waals surface area contributed by atoms with Crippen molar-refractivity contribution in [1.82, 2.24) is 15.2 Å². The normalized spacial score (nSPS) is 15.3. The fourth-order valence-electron chi connectivity index (χ4n) is 2.79. The Morgan fingerprint density at radius 2 is 1.42 bits per heavy atom. The standard InChI is InChI=1S/C18H20N4O7S2/c19-30(25,26)15-6-4-13(5-7-15)17(23)20-21-18(24)14-2-1-3-16(12-14)31(27,28)22-8-10-29-11-9-22/h1-7,12H,8-11H2,(H,20,23)(H,21,24)(H2,19,25,26). The molecule has 1 aliphatic rings. The zero-order chi connectivity index (χ0) is 22.6. The summed E-state index contributed by atoms with van der Waals surface area (Å²) in [4.78, 5) is 24.3. The molecule has 0 radical (unpaired) electrons. The monoisotopic (exact) mass is 468 g/mol. The van der Waals surface area contributed by atoms with Crippen molar-refractivity contribution >= 4 is 31.9 Å². The molecule has 0 unspecified atom stereocenters. The third-order valence-corrected chi connectivity index (χ3v) is 7.26. The first kappa shape index (κ1) is 22.8. The second-order valence-corrected chi connectivity index (χ2v) is 10.0. The molecule has 1 aliphatic heterocycles. The topological polar surface area (TPSA) is 165 Å². The van der Waals surface area contributed by atoms with Gasteiger partial charge in [0, 0.05) is 24.2 Å². The number of hydrogen-bond donors (Lipinski definition) is 3. The van der Waals surface area contributed by atoms with Crippen LogP contribution in [0, 0.1) is 0 Å². The fourth-order valence-corrected chi connectivity index (χ4v) is 4.76. The van der Waals surface area contributed by atoms with Gasteiger partial charge in [0.15, 0.2) is 0 Å². The van der Waals surface area contributed by atoms with Crippen molar-refractivity contribution in [1.29, 1.82) is 0 Å². The maximum absolute atomic E-state index is 12.7. The quantitative estimate of drug-likeness (QED) is 0.494. The molecule has 2 amide bonds. The summed E-state index contributed by atoms with van der Waals surface area (Å²) >= 11 is 0. The van der Waals surface area contributed by atoms with Gasteiger partial charge in [-0.05, 0) is 42.5 Å². The third-order valence-electron chi connectivity index (χ3n) is 4.44. The van der Waals surface area contributed by atoms with E-state index >= 15 is 0 Å². The molecule has 0 aromatic heterocycles. The van der Waals surface area contributed by atoms with Crippen molar-refractivity contribution in [3.8, 4) is 0 Å². The highest BCUT2D eigenvalue weighted by molar-refractivity contribution is 7.89. The maximum Gasteiger partial charge on any atom is 0.269 e. The van der Waals surface area contributed by atoms with Gasteiger partial charge < -0.3 is 4.74 Å². The predicted octanol–water partition coefficient (Wildman–Crippen LogP) is -0.570. The number of benzene rings is 2. The molecule has 0 atom stereocenters. The zero-order valence-corrected chi connectivity index (χ0v) is 17.8. The van der Waals surface area contributed by atoms with E-state index in [-0.39, 0.29) is 34.0 Å². The first-order valence-electron chi connectivity index (χ1n) is 9.00. The summed E-state index contributed by atoms with van der Waals surface area (Å²) in [5.74, 6) is -1.43. The van der Waals surface area contributed by atoms with E-state index in [2.05, 4.69) is 10.9 Å². The number of ether oxygens (including phenoxy) is 1. The van der Waals surface area contributed by atoms with Crippen LogP contribution >= 0.6 is 0 Å². The number of carbonyl (C=O) groups is 2. The van der Waals surface area contributed by atoms with Gasteiger partial charge in [0.25, 0.3) is 11.8 Å². The minimum absolute atomic E-state index is 0.0270. The number of nitrogens with two attached hydrogens (primary N) is 1. The van der Waals surface area contributed by atoms with Gasteiger partial charge in [0.05, 0.1) is 23.0 Å². The smallest absolute Gasteiger partial charge is 0.269 e.